The van der Waals surface area contributed by atoms with E-state index >= 15 is 0 Å². The molecule has 1 unspecified atom stereocenters. The number of carbonyl (C=O) groups excluding carboxylic acids is 1. The van der Waals surface area contributed by atoms with Crippen molar-refractivity contribution in [2.75, 3.05) is 38.6 Å². The van der Waals surface area contributed by atoms with Crippen LogP contribution in [0.5, 0.6) is 0 Å². The van der Waals surface area contributed by atoms with Gasteiger partial charge in [0.05, 0.1) is 19.3 Å². The van der Waals surface area contributed by atoms with E-state index < -0.39 is 28.2 Å². The summed E-state index contributed by atoms with van der Waals surface area (Å²) in [7, 11) is 0. The first kappa shape index (κ1) is 21.5. The molecule has 11 heteroatoms. The molecule has 0 saturated carbocycles. The lowest BCUT2D eigenvalue weighted by atomic mass is 10.0. The van der Waals surface area contributed by atoms with Crippen LogP contribution in [0.2, 0.25) is 0 Å². The average Bonchev–Trinajstić information content (AvgIpc) is 2.70. The van der Waals surface area contributed by atoms with Gasteiger partial charge in [0.2, 0.25) is 0 Å². The molecule has 0 radical (unpaired) electrons. The van der Waals surface area contributed by atoms with E-state index in [0.717, 1.165) is 5.56 Å². The number of amides is 1. The summed E-state index contributed by atoms with van der Waals surface area (Å²) in [6.45, 7) is 2.79. The minimum Gasteiger partial charge on any atom is -0.382 e. The van der Waals surface area contributed by atoms with Crippen LogP contribution in [-0.2, 0) is 10.9 Å². The number of alkyl halides is 3. The maximum Gasteiger partial charge on any atom is 0.436 e. The number of nitrogens with zero attached hydrogens (tertiary/aromatic N) is 3. The van der Waals surface area contributed by atoms with Crippen molar-refractivity contribution in [3.63, 3.8) is 0 Å². The Bertz CT molecular complexity index is 861. The Morgan fingerprint density at radius 1 is 1.24 bits per heavy atom. The van der Waals surface area contributed by atoms with E-state index in [1.54, 1.807) is 0 Å². The summed E-state index contributed by atoms with van der Waals surface area (Å²) in [6.07, 6.45) is -4.73. The number of morpholine rings is 1. The quantitative estimate of drug-likeness (QED) is 0.693. The van der Waals surface area contributed by atoms with Gasteiger partial charge in [0.1, 0.15) is 4.60 Å². The van der Waals surface area contributed by atoms with Crippen molar-refractivity contribution in [2.24, 2.45) is 0 Å². The summed E-state index contributed by atoms with van der Waals surface area (Å²) >= 11 is 2.71. The monoisotopic (exact) mass is 473 g/mol. The third-order valence-corrected chi connectivity index (χ3v) is 5.04. The van der Waals surface area contributed by atoms with Gasteiger partial charge in [0, 0.05) is 19.6 Å². The van der Waals surface area contributed by atoms with Crippen LogP contribution in [0, 0.1) is 0 Å². The van der Waals surface area contributed by atoms with Crippen LogP contribution in [0.1, 0.15) is 27.8 Å². The zero-order valence-electron chi connectivity index (χ0n) is 15.2. The molecule has 3 N–H and O–H groups in total. The molecule has 3 rings (SSSR count). The number of aromatic nitrogens is 2. The van der Waals surface area contributed by atoms with Crippen molar-refractivity contribution in [3.05, 3.63) is 51.9 Å². The summed E-state index contributed by atoms with van der Waals surface area (Å²) < 4.78 is 43.5. The van der Waals surface area contributed by atoms with Gasteiger partial charge in [-0.25, -0.2) is 9.97 Å². The topological polar surface area (TPSA) is 93.4 Å². The van der Waals surface area contributed by atoms with Crippen LogP contribution in [0.4, 0.5) is 19.0 Å². The van der Waals surface area contributed by atoms with Crippen LogP contribution in [0.15, 0.2) is 34.9 Å². The molecule has 1 atom stereocenters. The van der Waals surface area contributed by atoms with E-state index in [1.165, 1.54) is 0 Å². The molecule has 0 bridgehead atoms. The summed E-state index contributed by atoms with van der Waals surface area (Å²) in [6, 6.07) is 9.48. The third-order valence-electron chi connectivity index (χ3n) is 4.49. The average molecular weight is 474 g/mol. The highest BCUT2D eigenvalue weighted by Gasteiger charge is 2.37. The summed E-state index contributed by atoms with van der Waals surface area (Å²) in [5, 5.41) is 2.72. The first-order valence-corrected chi connectivity index (χ1v) is 9.62. The fraction of sp³-hybridized carbons (Fsp3) is 0.389. The molecule has 2 heterocycles. The number of nitrogens with two attached hydrogens (primary N) is 1. The van der Waals surface area contributed by atoms with Crippen LogP contribution in [0.3, 0.4) is 0 Å². The van der Waals surface area contributed by atoms with Crippen molar-refractivity contribution < 1.29 is 22.7 Å². The number of hydrogen-bond donors (Lipinski definition) is 2. The second-order valence-electron chi connectivity index (χ2n) is 6.38. The number of nitrogen functional groups attached to an aromatic ring is 1. The minimum absolute atomic E-state index is 0.129. The van der Waals surface area contributed by atoms with E-state index in [-0.39, 0.29) is 18.3 Å². The van der Waals surface area contributed by atoms with Gasteiger partial charge in [0.25, 0.3) is 5.91 Å². The molecule has 0 spiro atoms. The number of rotatable bonds is 5. The van der Waals surface area contributed by atoms with Crippen LogP contribution < -0.4 is 11.1 Å². The van der Waals surface area contributed by atoms with Crippen molar-refractivity contribution >= 4 is 27.7 Å². The zero-order valence-corrected chi connectivity index (χ0v) is 16.8. The van der Waals surface area contributed by atoms with Gasteiger partial charge in [-0.2, -0.15) is 13.2 Å². The molecule has 29 heavy (non-hydrogen) atoms. The summed E-state index contributed by atoms with van der Waals surface area (Å²) in [5.74, 6) is -1.28. The highest BCUT2D eigenvalue weighted by atomic mass is 79.9. The van der Waals surface area contributed by atoms with Crippen molar-refractivity contribution in [1.82, 2.24) is 20.2 Å². The van der Waals surface area contributed by atoms with Gasteiger partial charge < -0.3 is 15.8 Å². The SMILES string of the molecule is Nc1nc(C(F)(F)F)c(Br)nc1C(=O)NCC(c1ccccc1)N1CCOCC1. The molecule has 156 valence electrons. The third kappa shape index (κ3) is 5.22. The molecule has 1 fully saturated rings. The number of halogens is 4. The first-order chi connectivity index (χ1) is 13.8. The van der Waals surface area contributed by atoms with Crippen LogP contribution in [-0.4, -0.2) is 53.6 Å². The van der Waals surface area contributed by atoms with Gasteiger partial charge in [-0.1, -0.05) is 30.3 Å². The summed E-state index contributed by atoms with van der Waals surface area (Å²) in [4.78, 5) is 21.7. The molecule has 7 nitrogen and oxygen atoms in total. The van der Waals surface area contributed by atoms with Gasteiger partial charge in [-0.15, -0.1) is 0 Å². The van der Waals surface area contributed by atoms with E-state index in [4.69, 9.17) is 10.5 Å². The molecule has 1 aromatic heterocycles. The fourth-order valence-electron chi connectivity index (χ4n) is 3.07. The molecule has 1 aliphatic rings. The minimum atomic E-state index is -4.73. The highest BCUT2D eigenvalue weighted by molar-refractivity contribution is 9.10. The Labute approximate surface area is 173 Å². The Morgan fingerprint density at radius 3 is 2.52 bits per heavy atom. The number of hydrogen-bond acceptors (Lipinski definition) is 6. The molecule has 1 aromatic carbocycles. The van der Waals surface area contributed by atoms with Gasteiger partial charge in [0.15, 0.2) is 17.2 Å². The Morgan fingerprint density at radius 2 is 1.90 bits per heavy atom. The van der Waals surface area contributed by atoms with Crippen molar-refractivity contribution in [3.8, 4) is 0 Å². The molecular weight excluding hydrogens is 455 g/mol. The number of carbonyl (C=O) groups is 1. The lowest BCUT2D eigenvalue weighted by Gasteiger charge is -2.34. The fourth-order valence-corrected chi connectivity index (χ4v) is 3.56. The second-order valence-corrected chi connectivity index (χ2v) is 7.13. The number of anilines is 1. The first-order valence-electron chi connectivity index (χ1n) is 8.82. The molecular formula is C18H19BrF3N5O2. The standard InChI is InChI=1S/C18H19BrF3N5O2/c19-15-14(18(20,21)22)26-16(23)13(25-15)17(28)24-10-12(11-4-2-1-3-5-11)27-6-8-29-9-7-27/h1-5,12H,6-10H2,(H2,23,26)(H,24,28). The molecule has 0 aliphatic carbocycles. The Balaban J connectivity index is 1.77. The predicted molar refractivity (Wildman–Crippen MR) is 103 cm³/mol. The predicted octanol–water partition coefficient (Wildman–Crippen LogP) is 2.64. The van der Waals surface area contributed by atoms with E-state index in [9.17, 15) is 18.0 Å². The summed E-state index contributed by atoms with van der Waals surface area (Å²) in [5.41, 5.74) is 4.93. The molecule has 2 aromatic rings. The second kappa shape index (κ2) is 9.06. The smallest absolute Gasteiger partial charge is 0.382 e. The van der Waals surface area contributed by atoms with Crippen LogP contribution >= 0.6 is 15.9 Å². The number of ether oxygens (including phenoxy) is 1. The zero-order chi connectivity index (χ0) is 21.0. The largest absolute Gasteiger partial charge is 0.436 e. The molecule has 1 saturated heterocycles. The Kier molecular flexibility index (Phi) is 6.70. The van der Waals surface area contributed by atoms with E-state index in [2.05, 4.69) is 36.1 Å². The highest BCUT2D eigenvalue weighted by Crippen LogP contribution is 2.33. The van der Waals surface area contributed by atoms with E-state index in [1.807, 2.05) is 30.3 Å². The lowest BCUT2D eigenvalue weighted by Crippen LogP contribution is -2.44. The number of nitrogens with one attached hydrogen (secondary N) is 1. The van der Waals surface area contributed by atoms with Crippen molar-refractivity contribution in [1.29, 1.82) is 0 Å². The molecule has 1 aliphatic heterocycles. The van der Waals surface area contributed by atoms with Crippen LogP contribution in [0.25, 0.3) is 0 Å². The van der Waals surface area contributed by atoms with Gasteiger partial charge in [-0.05, 0) is 21.5 Å². The van der Waals surface area contributed by atoms with Gasteiger partial charge in [-0.3, -0.25) is 9.69 Å². The van der Waals surface area contributed by atoms with E-state index in [0.29, 0.717) is 26.3 Å². The number of benzene rings is 1. The lowest BCUT2D eigenvalue weighted by molar-refractivity contribution is -0.142. The van der Waals surface area contributed by atoms with Gasteiger partial charge >= 0.3 is 6.18 Å². The molecule has 1 amide bonds. The maximum atomic E-state index is 12.9. The van der Waals surface area contributed by atoms with Crippen molar-refractivity contribution in [2.45, 2.75) is 12.2 Å². The maximum absolute atomic E-state index is 12.9. The normalized spacial score (nSPS) is 16.4. The Hall–Kier alpha value is -2.24.